The van der Waals surface area contributed by atoms with Gasteiger partial charge in [-0.3, -0.25) is 4.90 Å². The van der Waals surface area contributed by atoms with Gasteiger partial charge < -0.3 is 9.30 Å². The number of nitrogens with zero attached hydrogens (tertiary/aromatic N) is 8. The van der Waals surface area contributed by atoms with E-state index in [-0.39, 0.29) is 0 Å². The Morgan fingerprint density at radius 3 is 2.65 bits per heavy atom. The van der Waals surface area contributed by atoms with Gasteiger partial charge >= 0.3 is 0 Å². The second-order valence-electron chi connectivity index (χ2n) is 6.66. The zero-order valence-electron chi connectivity index (χ0n) is 14.7. The van der Waals surface area contributed by atoms with E-state index in [9.17, 15) is 0 Å². The molecule has 0 aliphatic carbocycles. The van der Waals surface area contributed by atoms with Gasteiger partial charge in [0.15, 0.2) is 11.5 Å². The molecule has 0 amide bonds. The van der Waals surface area contributed by atoms with Crippen molar-refractivity contribution in [3.05, 3.63) is 54.2 Å². The lowest BCUT2D eigenvalue weighted by Crippen LogP contribution is -2.46. The minimum Gasteiger partial charge on any atom is -0.353 e. The first-order valence-electron chi connectivity index (χ1n) is 8.85. The van der Waals surface area contributed by atoms with E-state index in [2.05, 4.69) is 35.6 Å². The third-order valence-corrected chi connectivity index (χ3v) is 4.80. The molecule has 5 heterocycles. The van der Waals surface area contributed by atoms with Crippen molar-refractivity contribution < 1.29 is 0 Å². The van der Waals surface area contributed by atoms with Crippen molar-refractivity contribution in [2.75, 3.05) is 31.1 Å². The summed E-state index contributed by atoms with van der Waals surface area (Å²) in [4.78, 5) is 13.8. The van der Waals surface area contributed by atoms with Crippen LogP contribution in [0.4, 0.5) is 5.82 Å². The molecule has 4 aromatic heterocycles. The van der Waals surface area contributed by atoms with Gasteiger partial charge in [-0.1, -0.05) is 6.07 Å². The van der Waals surface area contributed by atoms with E-state index in [1.807, 2.05) is 43.5 Å². The van der Waals surface area contributed by atoms with Crippen molar-refractivity contribution in [1.29, 1.82) is 0 Å². The van der Waals surface area contributed by atoms with Crippen LogP contribution in [0.15, 0.2) is 42.7 Å². The maximum absolute atomic E-state index is 4.70. The molecule has 0 aromatic carbocycles. The van der Waals surface area contributed by atoms with E-state index in [4.69, 9.17) is 4.98 Å². The Labute approximate surface area is 150 Å². The number of rotatable bonds is 3. The van der Waals surface area contributed by atoms with Gasteiger partial charge in [-0.15, -0.1) is 14.8 Å². The molecule has 8 heteroatoms. The van der Waals surface area contributed by atoms with Crippen molar-refractivity contribution in [3.63, 3.8) is 0 Å². The standard InChI is InChI=1S/C18H20N8/c1-14-19-17-5-6-18(22-26(17)21-14)24-10-8-23(9-11-24)12-15-13-25-7-3-2-4-16(25)20-15/h2-7,13H,8-12H2,1H3. The first-order valence-corrected chi connectivity index (χ1v) is 8.85. The third kappa shape index (κ3) is 2.78. The molecule has 1 fully saturated rings. The molecule has 1 saturated heterocycles. The highest BCUT2D eigenvalue weighted by Crippen LogP contribution is 2.16. The maximum atomic E-state index is 4.70. The summed E-state index contributed by atoms with van der Waals surface area (Å²) in [7, 11) is 0. The number of pyridine rings is 1. The van der Waals surface area contributed by atoms with Gasteiger partial charge in [-0.05, 0) is 31.2 Å². The van der Waals surface area contributed by atoms with Crippen LogP contribution in [0, 0.1) is 6.92 Å². The molecule has 0 spiro atoms. The molecule has 1 aliphatic rings. The fourth-order valence-corrected chi connectivity index (χ4v) is 3.47. The van der Waals surface area contributed by atoms with E-state index in [1.54, 1.807) is 4.63 Å². The molecule has 0 radical (unpaired) electrons. The summed E-state index contributed by atoms with van der Waals surface area (Å²) in [6, 6.07) is 10.1. The van der Waals surface area contributed by atoms with E-state index in [0.29, 0.717) is 0 Å². The van der Waals surface area contributed by atoms with E-state index in [0.717, 1.165) is 61.4 Å². The average Bonchev–Trinajstić information content (AvgIpc) is 3.23. The van der Waals surface area contributed by atoms with Gasteiger partial charge in [-0.25, -0.2) is 9.97 Å². The number of imidazole rings is 1. The van der Waals surface area contributed by atoms with Gasteiger partial charge in [0.05, 0.1) is 5.69 Å². The molecule has 8 nitrogen and oxygen atoms in total. The van der Waals surface area contributed by atoms with Crippen LogP contribution in [-0.4, -0.2) is 60.3 Å². The van der Waals surface area contributed by atoms with Crippen molar-refractivity contribution >= 4 is 17.1 Å². The normalized spacial score (nSPS) is 16.0. The number of aromatic nitrogens is 6. The lowest BCUT2D eigenvalue weighted by atomic mass is 10.3. The van der Waals surface area contributed by atoms with Crippen LogP contribution in [0.2, 0.25) is 0 Å². The number of fused-ring (bicyclic) bond motifs is 2. The summed E-state index contributed by atoms with van der Waals surface area (Å²) in [5, 5.41) is 8.90. The molecular formula is C18H20N8. The van der Waals surface area contributed by atoms with Crippen LogP contribution in [0.25, 0.3) is 11.3 Å². The average molecular weight is 348 g/mol. The quantitative estimate of drug-likeness (QED) is 0.558. The largest absolute Gasteiger partial charge is 0.353 e. The molecule has 0 unspecified atom stereocenters. The maximum Gasteiger partial charge on any atom is 0.176 e. The Balaban J connectivity index is 1.26. The summed E-state index contributed by atoms with van der Waals surface area (Å²) in [5.74, 6) is 1.70. The molecule has 26 heavy (non-hydrogen) atoms. The minimum absolute atomic E-state index is 0.743. The fraction of sp³-hybridized carbons (Fsp3) is 0.333. The van der Waals surface area contributed by atoms with Crippen molar-refractivity contribution in [1.82, 2.24) is 34.1 Å². The molecular weight excluding hydrogens is 328 g/mol. The van der Waals surface area contributed by atoms with Crippen molar-refractivity contribution in [2.45, 2.75) is 13.5 Å². The Bertz CT molecular complexity index is 1020. The minimum atomic E-state index is 0.743. The Morgan fingerprint density at radius 2 is 1.81 bits per heavy atom. The zero-order valence-corrected chi connectivity index (χ0v) is 14.7. The second-order valence-corrected chi connectivity index (χ2v) is 6.66. The van der Waals surface area contributed by atoms with Gasteiger partial charge in [0.2, 0.25) is 0 Å². The summed E-state index contributed by atoms with van der Waals surface area (Å²) in [5.41, 5.74) is 2.90. The summed E-state index contributed by atoms with van der Waals surface area (Å²) in [6.45, 7) is 6.63. The van der Waals surface area contributed by atoms with Gasteiger partial charge in [0.1, 0.15) is 11.5 Å². The van der Waals surface area contributed by atoms with E-state index < -0.39 is 0 Å². The zero-order chi connectivity index (χ0) is 17.5. The van der Waals surface area contributed by atoms with Crippen molar-refractivity contribution in [2.24, 2.45) is 0 Å². The molecule has 132 valence electrons. The van der Waals surface area contributed by atoms with Crippen LogP contribution in [-0.2, 0) is 6.54 Å². The van der Waals surface area contributed by atoms with Crippen molar-refractivity contribution in [3.8, 4) is 0 Å². The van der Waals surface area contributed by atoms with Gasteiger partial charge in [0.25, 0.3) is 0 Å². The fourth-order valence-electron chi connectivity index (χ4n) is 3.47. The number of aryl methyl sites for hydroxylation is 1. The van der Waals surface area contributed by atoms with Crippen LogP contribution < -0.4 is 4.90 Å². The second kappa shape index (κ2) is 6.06. The molecule has 0 N–H and O–H groups in total. The number of anilines is 1. The Kier molecular flexibility index (Phi) is 3.56. The lowest BCUT2D eigenvalue weighted by molar-refractivity contribution is 0.246. The van der Waals surface area contributed by atoms with E-state index >= 15 is 0 Å². The Hall–Kier alpha value is -3.00. The van der Waals surface area contributed by atoms with Crippen LogP contribution in [0.1, 0.15) is 11.5 Å². The highest BCUT2D eigenvalue weighted by atomic mass is 15.5. The predicted molar refractivity (Wildman–Crippen MR) is 98.2 cm³/mol. The molecule has 0 saturated carbocycles. The highest BCUT2D eigenvalue weighted by molar-refractivity contribution is 5.45. The van der Waals surface area contributed by atoms with Crippen LogP contribution >= 0.6 is 0 Å². The first kappa shape index (κ1) is 15.3. The molecule has 5 rings (SSSR count). The van der Waals surface area contributed by atoms with Crippen LogP contribution in [0.3, 0.4) is 0 Å². The molecule has 1 aliphatic heterocycles. The SMILES string of the molecule is Cc1nc2ccc(N3CCN(Cc4cn5ccccc5n4)CC3)nn2n1. The molecule has 4 aromatic rings. The third-order valence-electron chi connectivity index (χ3n) is 4.80. The predicted octanol–water partition coefficient (Wildman–Crippen LogP) is 1.40. The number of hydrogen-bond donors (Lipinski definition) is 0. The van der Waals surface area contributed by atoms with E-state index in [1.165, 1.54) is 0 Å². The van der Waals surface area contributed by atoms with Gasteiger partial charge in [-0.2, -0.15) is 0 Å². The topological polar surface area (TPSA) is 66.9 Å². The number of hydrogen-bond acceptors (Lipinski definition) is 6. The summed E-state index contributed by atoms with van der Waals surface area (Å²) < 4.78 is 3.69. The first-order chi connectivity index (χ1) is 12.7. The lowest BCUT2D eigenvalue weighted by Gasteiger charge is -2.34. The Morgan fingerprint density at radius 1 is 0.923 bits per heavy atom. The molecule has 0 atom stereocenters. The summed E-state index contributed by atoms with van der Waals surface area (Å²) >= 11 is 0. The smallest absolute Gasteiger partial charge is 0.176 e. The van der Waals surface area contributed by atoms with Crippen LogP contribution in [0.5, 0.6) is 0 Å². The monoisotopic (exact) mass is 348 g/mol. The highest BCUT2D eigenvalue weighted by Gasteiger charge is 2.19. The van der Waals surface area contributed by atoms with Gasteiger partial charge in [0, 0.05) is 45.1 Å². The number of piperazine rings is 1. The molecule has 0 bridgehead atoms. The summed E-state index contributed by atoms with van der Waals surface area (Å²) in [6.07, 6.45) is 4.15.